The Kier molecular flexibility index (Phi) is 2.86. The molecule has 1 aliphatic heterocycles. The van der Waals surface area contributed by atoms with Gasteiger partial charge in [-0.05, 0) is 44.2 Å². The van der Waals surface area contributed by atoms with Crippen molar-refractivity contribution >= 4 is 5.91 Å². The van der Waals surface area contributed by atoms with Crippen LogP contribution in [0.2, 0.25) is 0 Å². The molecular formula is C10H15F3N2O. The van der Waals surface area contributed by atoms with E-state index in [-0.39, 0.29) is 11.5 Å². The molecule has 6 heteroatoms. The van der Waals surface area contributed by atoms with E-state index >= 15 is 0 Å². The first-order chi connectivity index (χ1) is 7.44. The van der Waals surface area contributed by atoms with Gasteiger partial charge in [0.15, 0.2) is 0 Å². The molecule has 2 N–H and O–H groups in total. The third kappa shape index (κ3) is 2.03. The van der Waals surface area contributed by atoms with Crippen molar-refractivity contribution in [1.29, 1.82) is 0 Å². The van der Waals surface area contributed by atoms with E-state index in [4.69, 9.17) is 0 Å². The van der Waals surface area contributed by atoms with E-state index in [0.717, 1.165) is 32.4 Å². The summed E-state index contributed by atoms with van der Waals surface area (Å²) in [6, 6.07) is -0.288. The largest absolute Gasteiger partial charge is 0.471 e. The van der Waals surface area contributed by atoms with Crippen molar-refractivity contribution in [3.63, 3.8) is 0 Å². The SMILES string of the molecule is O=C(NC1CCC12CCNCC2)C(F)(F)F. The van der Waals surface area contributed by atoms with Crippen molar-refractivity contribution < 1.29 is 18.0 Å². The average molecular weight is 236 g/mol. The molecule has 0 aromatic heterocycles. The standard InChI is InChI=1S/C10H15F3N2O/c11-10(12,13)8(16)15-7-1-2-9(7)3-5-14-6-4-9/h7,14H,1-6H2,(H,15,16). The van der Waals surface area contributed by atoms with Crippen LogP contribution in [0.1, 0.15) is 25.7 Å². The average Bonchev–Trinajstić information content (AvgIpc) is 2.24. The highest BCUT2D eigenvalue weighted by Crippen LogP contribution is 2.48. The van der Waals surface area contributed by atoms with Crippen molar-refractivity contribution in [3.05, 3.63) is 0 Å². The Bertz CT molecular complexity index is 284. The Labute approximate surface area is 91.8 Å². The smallest absolute Gasteiger partial charge is 0.345 e. The van der Waals surface area contributed by atoms with Crippen LogP contribution in [0.4, 0.5) is 13.2 Å². The van der Waals surface area contributed by atoms with Crippen molar-refractivity contribution in [2.75, 3.05) is 13.1 Å². The number of carbonyl (C=O) groups is 1. The molecular weight excluding hydrogens is 221 g/mol. The van der Waals surface area contributed by atoms with Crippen LogP contribution in [0.3, 0.4) is 0 Å². The summed E-state index contributed by atoms with van der Waals surface area (Å²) >= 11 is 0. The van der Waals surface area contributed by atoms with E-state index in [2.05, 4.69) is 10.6 Å². The van der Waals surface area contributed by atoms with Gasteiger partial charge >= 0.3 is 12.1 Å². The zero-order valence-corrected chi connectivity index (χ0v) is 8.86. The second-order valence-corrected chi connectivity index (χ2v) is 4.67. The van der Waals surface area contributed by atoms with E-state index in [9.17, 15) is 18.0 Å². The number of amides is 1. The van der Waals surface area contributed by atoms with Crippen LogP contribution in [0.25, 0.3) is 0 Å². The molecule has 0 bridgehead atoms. The number of halogens is 3. The normalized spacial score (nSPS) is 28.6. The van der Waals surface area contributed by atoms with Crippen LogP contribution in [-0.2, 0) is 4.79 Å². The Balaban J connectivity index is 1.93. The van der Waals surface area contributed by atoms with Crippen molar-refractivity contribution in [2.24, 2.45) is 5.41 Å². The third-order valence-corrected chi connectivity index (χ3v) is 3.83. The summed E-state index contributed by atoms with van der Waals surface area (Å²) in [5, 5.41) is 5.30. The first-order valence-electron chi connectivity index (χ1n) is 5.52. The van der Waals surface area contributed by atoms with Gasteiger partial charge in [0, 0.05) is 6.04 Å². The third-order valence-electron chi connectivity index (χ3n) is 3.83. The van der Waals surface area contributed by atoms with E-state index in [1.54, 1.807) is 0 Å². The van der Waals surface area contributed by atoms with Crippen LogP contribution in [0, 0.1) is 5.41 Å². The van der Waals surface area contributed by atoms with Crippen molar-refractivity contribution in [1.82, 2.24) is 10.6 Å². The maximum absolute atomic E-state index is 12.1. The van der Waals surface area contributed by atoms with Gasteiger partial charge in [-0.25, -0.2) is 0 Å². The minimum absolute atomic E-state index is 0.0772. The van der Waals surface area contributed by atoms with Gasteiger partial charge in [0.2, 0.25) is 0 Å². The molecule has 16 heavy (non-hydrogen) atoms. The lowest BCUT2D eigenvalue weighted by atomic mass is 9.59. The van der Waals surface area contributed by atoms with E-state index < -0.39 is 12.1 Å². The van der Waals surface area contributed by atoms with Gasteiger partial charge in [0.25, 0.3) is 0 Å². The molecule has 0 aromatic rings. The summed E-state index contributed by atoms with van der Waals surface area (Å²) in [4.78, 5) is 10.8. The molecule has 1 saturated heterocycles. The topological polar surface area (TPSA) is 41.1 Å². The Morgan fingerprint density at radius 2 is 1.88 bits per heavy atom. The molecule has 2 fully saturated rings. The zero-order chi connectivity index (χ0) is 11.8. The predicted molar refractivity (Wildman–Crippen MR) is 51.8 cm³/mol. The molecule has 92 valence electrons. The summed E-state index contributed by atoms with van der Waals surface area (Å²) < 4.78 is 36.3. The van der Waals surface area contributed by atoms with Crippen LogP contribution in [0.5, 0.6) is 0 Å². The Hall–Kier alpha value is -0.780. The second kappa shape index (κ2) is 3.91. The van der Waals surface area contributed by atoms with E-state index in [0.29, 0.717) is 6.42 Å². The highest BCUT2D eigenvalue weighted by molar-refractivity contribution is 5.82. The fourth-order valence-corrected chi connectivity index (χ4v) is 2.69. The summed E-state index contributed by atoms with van der Waals surface area (Å²) in [6.45, 7) is 1.66. The molecule has 1 amide bonds. The first kappa shape index (κ1) is 11.7. The molecule has 3 nitrogen and oxygen atoms in total. The van der Waals surface area contributed by atoms with Gasteiger partial charge in [-0.3, -0.25) is 4.79 Å². The monoisotopic (exact) mass is 236 g/mol. The van der Waals surface area contributed by atoms with E-state index in [1.165, 1.54) is 0 Å². The van der Waals surface area contributed by atoms with Crippen LogP contribution < -0.4 is 10.6 Å². The quantitative estimate of drug-likeness (QED) is 0.718. The Morgan fingerprint density at radius 3 is 2.31 bits per heavy atom. The number of rotatable bonds is 1. The fraction of sp³-hybridized carbons (Fsp3) is 0.900. The van der Waals surface area contributed by atoms with Crippen LogP contribution >= 0.6 is 0 Å². The first-order valence-corrected chi connectivity index (χ1v) is 5.52. The molecule has 1 spiro atoms. The van der Waals surface area contributed by atoms with Gasteiger partial charge in [0.1, 0.15) is 0 Å². The summed E-state index contributed by atoms with van der Waals surface area (Å²) in [7, 11) is 0. The number of carbonyl (C=O) groups excluding carboxylic acids is 1. The minimum Gasteiger partial charge on any atom is -0.345 e. The highest BCUT2D eigenvalue weighted by Gasteiger charge is 2.50. The summed E-state index contributed by atoms with van der Waals surface area (Å²) in [5.41, 5.74) is -0.0772. The highest BCUT2D eigenvalue weighted by atomic mass is 19.4. The van der Waals surface area contributed by atoms with Gasteiger partial charge < -0.3 is 10.6 Å². The molecule has 1 heterocycles. The van der Waals surface area contributed by atoms with Crippen LogP contribution in [0.15, 0.2) is 0 Å². The number of piperidine rings is 1. The fourth-order valence-electron chi connectivity index (χ4n) is 2.69. The molecule has 2 aliphatic rings. The summed E-state index contributed by atoms with van der Waals surface area (Å²) in [6.07, 6.45) is -1.45. The second-order valence-electron chi connectivity index (χ2n) is 4.67. The van der Waals surface area contributed by atoms with Gasteiger partial charge in [-0.15, -0.1) is 0 Å². The minimum atomic E-state index is -4.76. The number of hydrogen-bond acceptors (Lipinski definition) is 2. The lowest BCUT2D eigenvalue weighted by Crippen LogP contribution is -2.60. The number of nitrogens with one attached hydrogen (secondary N) is 2. The molecule has 1 atom stereocenters. The predicted octanol–water partition coefficient (Wildman–Crippen LogP) is 1.20. The van der Waals surface area contributed by atoms with E-state index in [1.807, 2.05) is 0 Å². The molecule has 1 saturated carbocycles. The molecule has 2 rings (SSSR count). The van der Waals surface area contributed by atoms with Gasteiger partial charge in [-0.2, -0.15) is 13.2 Å². The van der Waals surface area contributed by atoms with Crippen molar-refractivity contribution in [3.8, 4) is 0 Å². The number of hydrogen-bond donors (Lipinski definition) is 2. The lowest BCUT2D eigenvalue weighted by Gasteiger charge is -2.52. The lowest BCUT2D eigenvalue weighted by molar-refractivity contribution is -0.177. The van der Waals surface area contributed by atoms with Crippen LogP contribution in [-0.4, -0.2) is 31.2 Å². The van der Waals surface area contributed by atoms with Gasteiger partial charge in [0.05, 0.1) is 0 Å². The van der Waals surface area contributed by atoms with Crippen molar-refractivity contribution in [2.45, 2.75) is 37.9 Å². The van der Waals surface area contributed by atoms with Gasteiger partial charge in [-0.1, -0.05) is 0 Å². The molecule has 0 radical (unpaired) electrons. The zero-order valence-electron chi connectivity index (χ0n) is 8.86. The molecule has 1 aliphatic carbocycles. The summed E-state index contributed by atoms with van der Waals surface area (Å²) in [5.74, 6) is -1.80. The molecule has 0 aromatic carbocycles. The maximum atomic E-state index is 12.1. The number of alkyl halides is 3. The Morgan fingerprint density at radius 1 is 1.25 bits per heavy atom. The molecule has 1 unspecified atom stereocenters. The maximum Gasteiger partial charge on any atom is 0.471 e.